The standard InChI is InChI=1S/C20H18Cl2N2O4/c1-4-28-18-16(26-2)8-11(9-17(18)27-3)7-14(22)19-23-15-6-5-12(21)10-13(15)20(25)24-19/h5-10H,4H2,1-3H3,(H,23,24,25)/b14-7+. The number of nitrogens with one attached hydrogen (secondary N) is 1. The molecule has 0 saturated carbocycles. The molecule has 0 spiro atoms. The summed E-state index contributed by atoms with van der Waals surface area (Å²) < 4.78 is 16.4. The molecule has 0 atom stereocenters. The second-order valence-corrected chi connectivity index (χ2v) is 6.60. The van der Waals surface area contributed by atoms with Crippen LogP contribution in [0.25, 0.3) is 22.0 Å². The first kappa shape index (κ1) is 20.0. The second-order valence-electron chi connectivity index (χ2n) is 5.76. The van der Waals surface area contributed by atoms with E-state index in [-0.39, 0.29) is 16.4 Å². The lowest BCUT2D eigenvalue weighted by Crippen LogP contribution is -2.10. The third-order valence-electron chi connectivity index (χ3n) is 3.96. The van der Waals surface area contributed by atoms with E-state index < -0.39 is 0 Å². The number of fused-ring (bicyclic) bond motifs is 1. The van der Waals surface area contributed by atoms with Crippen molar-refractivity contribution in [1.82, 2.24) is 9.97 Å². The van der Waals surface area contributed by atoms with Gasteiger partial charge < -0.3 is 19.2 Å². The van der Waals surface area contributed by atoms with Crippen LogP contribution in [0.15, 0.2) is 35.1 Å². The Hall–Kier alpha value is -2.70. The number of hydrogen-bond donors (Lipinski definition) is 1. The lowest BCUT2D eigenvalue weighted by Gasteiger charge is -2.14. The highest BCUT2D eigenvalue weighted by Gasteiger charge is 2.14. The van der Waals surface area contributed by atoms with Crippen molar-refractivity contribution in [2.24, 2.45) is 0 Å². The highest BCUT2D eigenvalue weighted by Crippen LogP contribution is 2.39. The maximum Gasteiger partial charge on any atom is 0.259 e. The summed E-state index contributed by atoms with van der Waals surface area (Å²) in [6.07, 6.45) is 1.66. The van der Waals surface area contributed by atoms with E-state index in [1.54, 1.807) is 50.6 Å². The van der Waals surface area contributed by atoms with Gasteiger partial charge in [0.2, 0.25) is 5.75 Å². The molecular formula is C20H18Cl2N2O4. The van der Waals surface area contributed by atoms with Gasteiger partial charge in [-0.25, -0.2) is 4.98 Å². The van der Waals surface area contributed by atoms with Gasteiger partial charge in [-0.3, -0.25) is 4.79 Å². The number of benzene rings is 2. The van der Waals surface area contributed by atoms with Crippen LogP contribution in [0.5, 0.6) is 17.2 Å². The van der Waals surface area contributed by atoms with Gasteiger partial charge in [0.05, 0.1) is 36.8 Å². The van der Waals surface area contributed by atoms with Crippen LogP contribution in [-0.2, 0) is 0 Å². The summed E-state index contributed by atoms with van der Waals surface area (Å²) in [5.41, 5.74) is 0.869. The monoisotopic (exact) mass is 420 g/mol. The van der Waals surface area contributed by atoms with Crippen molar-refractivity contribution >= 4 is 45.2 Å². The van der Waals surface area contributed by atoms with Gasteiger partial charge >= 0.3 is 0 Å². The highest BCUT2D eigenvalue weighted by atomic mass is 35.5. The van der Waals surface area contributed by atoms with Crippen LogP contribution < -0.4 is 19.8 Å². The lowest BCUT2D eigenvalue weighted by molar-refractivity contribution is 0.288. The van der Waals surface area contributed by atoms with Gasteiger partial charge in [-0.15, -0.1) is 0 Å². The molecule has 0 saturated heterocycles. The Morgan fingerprint density at radius 1 is 1.18 bits per heavy atom. The Kier molecular flexibility index (Phi) is 6.11. The summed E-state index contributed by atoms with van der Waals surface area (Å²) in [5.74, 6) is 1.77. The molecule has 1 N–H and O–H groups in total. The molecule has 1 heterocycles. The number of hydrogen-bond acceptors (Lipinski definition) is 5. The predicted octanol–water partition coefficient (Wildman–Crippen LogP) is 4.73. The highest BCUT2D eigenvalue weighted by molar-refractivity contribution is 6.50. The Bertz CT molecular complexity index is 1080. The van der Waals surface area contributed by atoms with Gasteiger partial charge in [0.15, 0.2) is 17.3 Å². The Labute approximate surface area is 171 Å². The number of rotatable bonds is 6. The maximum absolute atomic E-state index is 12.3. The zero-order chi connectivity index (χ0) is 20.3. The minimum absolute atomic E-state index is 0.244. The van der Waals surface area contributed by atoms with Crippen molar-refractivity contribution < 1.29 is 14.2 Å². The first-order valence-electron chi connectivity index (χ1n) is 8.42. The van der Waals surface area contributed by atoms with Gasteiger partial charge in [-0.05, 0) is 48.9 Å². The fourth-order valence-electron chi connectivity index (χ4n) is 2.71. The zero-order valence-electron chi connectivity index (χ0n) is 15.5. The normalized spacial score (nSPS) is 11.5. The Morgan fingerprint density at radius 3 is 2.46 bits per heavy atom. The quantitative estimate of drug-likeness (QED) is 0.623. The van der Waals surface area contributed by atoms with Crippen LogP contribution in [0.4, 0.5) is 0 Å². The molecule has 0 aliphatic rings. The first-order valence-corrected chi connectivity index (χ1v) is 9.18. The molecule has 3 aromatic rings. The molecule has 28 heavy (non-hydrogen) atoms. The van der Waals surface area contributed by atoms with Crippen molar-refractivity contribution in [3.8, 4) is 17.2 Å². The summed E-state index contributed by atoms with van der Waals surface area (Å²) >= 11 is 12.4. The molecule has 0 fully saturated rings. The van der Waals surface area contributed by atoms with E-state index in [0.29, 0.717) is 45.3 Å². The van der Waals surface area contributed by atoms with E-state index in [2.05, 4.69) is 9.97 Å². The van der Waals surface area contributed by atoms with E-state index in [0.717, 1.165) is 0 Å². The van der Waals surface area contributed by atoms with Crippen LogP contribution in [0.3, 0.4) is 0 Å². The molecule has 6 nitrogen and oxygen atoms in total. The summed E-state index contributed by atoms with van der Waals surface area (Å²) in [6.45, 7) is 2.34. The number of methoxy groups -OCH3 is 2. The largest absolute Gasteiger partial charge is 0.493 e. The Morgan fingerprint density at radius 2 is 1.86 bits per heavy atom. The minimum Gasteiger partial charge on any atom is -0.493 e. The van der Waals surface area contributed by atoms with Gasteiger partial charge in [0, 0.05) is 5.02 Å². The number of ether oxygens (including phenoxy) is 3. The number of aromatic amines is 1. The van der Waals surface area contributed by atoms with Crippen LogP contribution >= 0.6 is 23.2 Å². The fraction of sp³-hybridized carbons (Fsp3) is 0.200. The molecule has 0 unspecified atom stereocenters. The molecule has 3 rings (SSSR count). The average molecular weight is 421 g/mol. The number of halogens is 2. The van der Waals surface area contributed by atoms with Crippen LogP contribution in [0.2, 0.25) is 5.02 Å². The molecule has 0 aliphatic heterocycles. The van der Waals surface area contributed by atoms with E-state index in [1.165, 1.54) is 0 Å². The van der Waals surface area contributed by atoms with Gasteiger partial charge in [-0.2, -0.15) is 0 Å². The van der Waals surface area contributed by atoms with Crippen molar-refractivity contribution in [1.29, 1.82) is 0 Å². The fourth-order valence-corrected chi connectivity index (χ4v) is 3.10. The molecule has 146 valence electrons. The van der Waals surface area contributed by atoms with Gasteiger partial charge in [0.25, 0.3) is 5.56 Å². The molecular weight excluding hydrogens is 403 g/mol. The first-order chi connectivity index (χ1) is 13.5. The smallest absolute Gasteiger partial charge is 0.259 e. The number of H-pyrrole nitrogens is 1. The summed E-state index contributed by atoms with van der Waals surface area (Å²) in [5, 5.41) is 1.11. The maximum atomic E-state index is 12.3. The molecule has 0 radical (unpaired) electrons. The van der Waals surface area contributed by atoms with Crippen molar-refractivity contribution in [3.63, 3.8) is 0 Å². The van der Waals surface area contributed by atoms with Crippen LogP contribution in [0, 0.1) is 0 Å². The van der Waals surface area contributed by atoms with E-state index in [9.17, 15) is 4.79 Å². The summed E-state index contributed by atoms with van der Waals surface area (Å²) in [4.78, 5) is 19.4. The van der Waals surface area contributed by atoms with E-state index in [4.69, 9.17) is 37.4 Å². The third-order valence-corrected chi connectivity index (χ3v) is 4.48. The Balaban J connectivity index is 2.07. The predicted molar refractivity (Wildman–Crippen MR) is 112 cm³/mol. The SMILES string of the molecule is CCOc1c(OC)cc(/C=C(/Cl)c2nc3ccc(Cl)cc3c(=O)[nH]2)cc1OC. The average Bonchev–Trinajstić information content (AvgIpc) is 2.69. The third kappa shape index (κ3) is 4.08. The molecule has 2 aromatic carbocycles. The molecule has 8 heteroatoms. The van der Waals surface area contributed by atoms with E-state index in [1.807, 2.05) is 6.92 Å². The van der Waals surface area contributed by atoms with Crippen molar-refractivity contribution in [2.75, 3.05) is 20.8 Å². The van der Waals surface area contributed by atoms with Crippen molar-refractivity contribution in [3.05, 3.63) is 57.1 Å². The minimum atomic E-state index is -0.323. The van der Waals surface area contributed by atoms with Crippen LogP contribution in [0.1, 0.15) is 18.3 Å². The van der Waals surface area contributed by atoms with Gasteiger partial charge in [-0.1, -0.05) is 23.2 Å². The second kappa shape index (κ2) is 8.54. The number of nitrogens with zero attached hydrogens (tertiary/aromatic N) is 1. The topological polar surface area (TPSA) is 73.4 Å². The van der Waals surface area contributed by atoms with Gasteiger partial charge in [0.1, 0.15) is 0 Å². The lowest BCUT2D eigenvalue weighted by atomic mass is 10.1. The molecule has 1 aromatic heterocycles. The summed E-state index contributed by atoms with van der Waals surface area (Å²) in [6, 6.07) is 8.42. The number of aromatic nitrogens is 2. The van der Waals surface area contributed by atoms with E-state index >= 15 is 0 Å². The molecule has 0 amide bonds. The van der Waals surface area contributed by atoms with Crippen LogP contribution in [-0.4, -0.2) is 30.8 Å². The molecule has 0 aliphatic carbocycles. The summed E-state index contributed by atoms with van der Waals surface area (Å²) in [7, 11) is 3.08. The molecule has 0 bridgehead atoms. The van der Waals surface area contributed by atoms with Crippen molar-refractivity contribution in [2.45, 2.75) is 6.92 Å². The zero-order valence-corrected chi connectivity index (χ0v) is 17.0.